The summed E-state index contributed by atoms with van der Waals surface area (Å²) in [6.45, 7) is 1.74. The van der Waals surface area contributed by atoms with Crippen LogP contribution in [0.3, 0.4) is 0 Å². The predicted octanol–water partition coefficient (Wildman–Crippen LogP) is 2.71. The summed E-state index contributed by atoms with van der Waals surface area (Å²) >= 11 is 0. The van der Waals surface area contributed by atoms with Crippen molar-refractivity contribution in [3.8, 4) is 11.6 Å². The van der Waals surface area contributed by atoms with E-state index in [1.54, 1.807) is 37.3 Å². The Balaban J connectivity index is 2.16. The number of esters is 1. The van der Waals surface area contributed by atoms with Gasteiger partial charge >= 0.3 is 5.97 Å². The van der Waals surface area contributed by atoms with E-state index in [2.05, 4.69) is 9.72 Å². The number of hydrogen-bond donors (Lipinski definition) is 0. The largest absolute Gasteiger partial charge is 0.469 e. The molecule has 21 heavy (non-hydrogen) atoms. The monoisotopic (exact) mass is 285 g/mol. The molecule has 1 aromatic heterocycles. The van der Waals surface area contributed by atoms with Crippen molar-refractivity contribution >= 4 is 12.3 Å². The Kier molecular flexibility index (Phi) is 4.66. The van der Waals surface area contributed by atoms with Crippen LogP contribution in [0.1, 0.15) is 21.6 Å². The first kappa shape index (κ1) is 14.7. The van der Waals surface area contributed by atoms with Gasteiger partial charge in [-0.3, -0.25) is 9.59 Å². The molecule has 0 bridgehead atoms. The van der Waals surface area contributed by atoms with Gasteiger partial charge in [-0.2, -0.15) is 0 Å². The van der Waals surface area contributed by atoms with Crippen LogP contribution >= 0.6 is 0 Å². The first-order chi connectivity index (χ1) is 10.1. The van der Waals surface area contributed by atoms with Crippen LogP contribution in [0.4, 0.5) is 0 Å². The molecule has 0 radical (unpaired) electrons. The number of nitrogens with zero attached hydrogens (tertiary/aromatic N) is 1. The second kappa shape index (κ2) is 6.65. The van der Waals surface area contributed by atoms with Gasteiger partial charge in [-0.05, 0) is 30.7 Å². The van der Waals surface area contributed by atoms with Crippen LogP contribution in [0, 0.1) is 6.92 Å². The lowest BCUT2D eigenvalue weighted by Crippen LogP contribution is -2.04. The van der Waals surface area contributed by atoms with Crippen LogP contribution in [-0.2, 0) is 16.0 Å². The molecule has 0 aliphatic carbocycles. The third-order valence-corrected chi connectivity index (χ3v) is 2.93. The summed E-state index contributed by atoms with van der Waals surface area (Å²) in [6.07, 6.45) is 0.938. The van der Waals surface area contributed by atoms with E-state index < -0.39 is 0 Å². The number of carbonyl (C=O) groups excluding carboxylic acids is 2. The number of ether oxygens (including phenoxy) is 2. The number of carbonyl (C=O) groups is 2. The molecular formula is C16H15NO4. The fourth-order valence-electron chi connectivity index (χ4n) is 1.81. The zero-order chi connectivity index (χ0) is 15.2. The van der Waals surface area contributed by atoms with Crippen LogP contribution in [0.2, 0.25) is 0 Å². The third-order valence-electron chi connectivity index (χ3n) is 2.93. The van der Waals surface area contributed by atoms with E-state index in [9.17, 15) is 9.59 Å². The van der Waals surface area contributed by atoms with Crippen molar-refractivity contribution in [2.24, 2.45) is 0 Å². The average Bonchev–Trinajstić information content (AvgIpc) is 2.47. The molecule has 0 atom stereocenters. The maximum absolute atomic E-state index is 11.3. The van der Waals surface area contributed by atoms with Crippen molar-refractivity contribution in [3.05, 3.63) is 53.2 Å². The highest BCUT2D eigenvalue weighted by molar-refractivity contribution is 5.76. The van der Waals surface area contributed by atoms with Gasteiger partial charge in [-0.25, -0.2) is 4.98 Å². The SMILES string of the molecule is COC(=O)Cc1cccc(Oc2ccc(C=O)c(C)n2)c1. The smallest absolute Gasteiger partial charge is 0.309 e. The molecule has 0 fully saturated rings. The second-order valence-electron chi connectivity index (χ2n) is 4.44. The van der Waals surface area contributed by atoms with Gasteiger partial charge in [-0.1, -0.05) is 12.1 Å². The predicted molar refractivity (Wildman–Crippen MR) is 76.6 cm³/mol. The summed E-state index contributed by atoms with van der Waals surface area (Å²) in [5.74, 6) is 0.659. The van der Waals surface area contributed by atoms with Gasteiger partial charge in [0.15, 0.2) is 6.29 Å². The van der Waals surface area contributed by atoms with E-state index in [0.717, 1.165) is 11.8 Å². The van der Waals surface area contributed by atoms with E-state index in [1.807, 2.05) is 6.07 Å². The average molecular weight is 285 g/mol. The Morgan fingerprint density at radius 1 is 1.29 bits per heavy atom. The molecule has 0 N–H and O–H groups in total. The zero-order valence-electron chi connectivity index (χ0n) is 11.8. The Labute approximate surface area is 122 Å². The number of hydrogen-bond acceptors (Lipinski definition) is 5. The number of methoxy groups -OCH3 is 1. The number of pyridine rings is 1. The Morgan fingerprint density at radius 2 is 2.10 bits per heavy atom. The summed E-state index contributed by atoms with van der Waals surface area (Å²) in [4.78, 5) is 26.2. The van der Waals surface area contributed by atoms with Gasteiger partial charge in [-0.15, -0.1) is 0 Å². The third kappa shape index (κ3) is 3.89. The highest BCUT2D eigenvalue weighted by Crippen LogP contribution is 2.21. The van der Waals surface area contributed by atoms with Crippen LogP contribution in [0.5, 0.6) is 11.6 Å². The standard InChI is InChI=1S/C16H15NO4/c1-11-13(10-18)6-7-15(17-11)21-14-5-3-4-12(8-14)9-16(19)20-2/h3-8,10H,9H2,1-2H3. The van der Waals surface area contributed by atoms with Crippen LogP contribution < -0.4 is 4.74 Å². The van der Waals surface area contributed by atoms with Crippen LogP contribution in [0.25, 0.3) is 0 Å². The van der Waals surface area contributed by atoms with Gasteiger partial charge in [0.25, 0.3) is 0 Å². The molecule has 2 aromatic rings. The topological polar surface area (TPSA) is 65.5 Å². The van der Waals surface area contributed by atoms with E-state index in [0.29, 0.717) is 22.9 Å². The van der Waals surface area contributed by atoms with Crippen molar-refractivity contribution in [1.29, 1.82) is 0 Å². The highest BCUT2D eigenvalue weighted by Gasteiger charge is 2.06. The summed E-state index contributed by atoms with van der Waals surface area (Å²) in [5.41, 5.74) is 1.93. The molecule has 5 heteroatoms. The molecular weight excluding hydrogens is 270 g/mol. The van der Waals surface area contributed by atoms with Crippen molar-refractivity contribution in [1.82, 2.24) is 4.98 Å². The molecule has 1 aromatic carbocycles. The van der Waals surface area contributed by atoms with Crippen LogP contribution in [-0.4, -0.2) is 24.3 Å². The minimum atomic E-state index is -0.309. The van der Waals surface area contributed by atoms with Crippen molar-refractivity contribution < 1.29 is 19.1 Å². The van der Waals surface area contributed by atoms with Gasteiger partial charge in [0.1, 0.15) is 5.75 Å². The van der Waals surface area contributed by atoms with Crippen LogP contribution in [0.15, 0.2) is 36.4 Å². The quantitative estimate of drug-likeness (QED) is 0.624. The zero-order valence-corrected chi connectivity index (χ0v) is 11.8. The number of aldehydes is 1. The minimum Gasteiger partial charge on any atom is -0.469 e. The second-order valence-corrected chi connectivity index (χ2v) is 4.44. The number of benzene rings is 1. The summed E-state index contributed by atoms with van der Waals surface area (Å²) in [5, 5.41) is 0. The van der Waals surface area contributed by atoms with Crippen molar-refractivity contribution in [2.45, 2.75) is 13.3 Å². The lowest BCUT2D eigenvalue weighted by Gasteiger charge is -2.08. The summed E-state index contributed by atoms with van der Waals surface area (Å²) in [7, 11) is 1.35. The van der Waals surface area contributed by atoms with E-state index in [1.165, 1.54) is 7.11 Å². The van der Waals surface area contributed by atoms with E-state index in [4.69, 9.17) is 4.74 Å². The van der Waals surface area contributed by atoms with Gasteiger partial charge < -0.3 is 9.47 Å². The van der Waals surface area contributed by atoms with Crippen molar-refractivity contribution in [2.75, 3.05) is 7.11 Å². The molecule has 1 heterocycles. The fourth-order valence-corrected chi connectivity index (χ4v) is 1.81. The Bertz CT molecular complexity index is 667. The van der Waals surface area contributed by atoms with Crippen molar-refractivity contribution in [3.63, 3.8) is 0 Å². The summed E-state index contributed by atoms with van der Waals surface area (Å²) in [6, 6.07) is 10.4. The molecule has 0 saturated carbocycles. The van der Waals surface area contributed by atoms with Gasteiger partial charge in [0.2, 0.25) is 5.88 Å². The Morgan fingerprint density at radius 3 is 2.76 bits per heavy atom. The minimum absolute atomic E-state index is 0.185. The molecule has 0 aliphatic heterocycles. The lowest BCUT2D eigenvalue weighted by molar-refractivity contribution is -0.139. The first-order valence-corrected chi connectivity index (χ1v) is 6.39. The molecule has 0 saturated heterocycles. The summed E-state index contributed by atoms with van der Waals surface area (Å²) < 4.78 is 10.3. The number of rotatable bonds is 5. The Hall–Kier alpha value is -2.69. The lowest BCUT2D eigenvalue weighted by atomic mass is 10.1. The molecule has 108 valence electrons. The normalized spacial score (nSPS) is 10.0. The maximum atomic E-state index is 11.3. The maximum Gasteiger partial charge on any atom is 0.309 e. The number of aromatic nitrogens is 1. The first-order valence-electron chi connectivity index (χ1n) is 6.39. The van der Waals surface area contributed by atoms with E-state index >= 15 is 0 Å². The van der Waals surface area contributed by atoms with Gasteiger partial charge in [0.05, 0.1) is 19.2 Å². The molecule has 0 spiro atoms. The molecule has 0 unspecified atom stereocenters. The molecule has 0 amide bonds. The fraction of sp³-hybridized carbons (Fsp3) is 0.188. The van der Waals surface area contributed by atoms with E-state index in [-0.39, 0.29) is 12.4 Å². The molecule has 2 rings (SSSR count). The van der Waals surface area contributed by atoms with Gasteiger partial charge in [0, 0.05) is 11.6 Å². The molecule has 5 nitrogen and oxygen atoms in total. The molecule has 0 aliphatic rings. The highest BCUT2D eigenvalue weighted by atomic mass is 16.5. The number of aryl methyl sites for hydroxylation is 1.